The van der Waals surface area contributed by atoms with Crippen LogP contribution in [0.3, 0.4) is 0 Å². The fraction of sp³-hybridized carbons (Fsp3) is 0.636. The van der Waals surface area contributed by atoms with Gasteiger partial charge in [-0.1, -0.05) is 6.08 Å². The highest BCUT2D eigenvalue weighted by Gasteiger charge is 2.34. The lowest BCUT2D eigenvalue weighted by Crippen LogP contribution is -2.35. The summed E-state index contributed by atoms with van der Waals surface area (Å²) >= 11 is 0. The zero-order valence-corrected chi connectivity index (χ0v) is 9.32. The summed E-state index contributed by atoms with van der Waals surface area (Å²) < 4.78 is 0. The molecule has 1 aliphatic rings. The molecular formula is C11H18N2O2. The molecular weight excluding hydrogens is 192 g/mol. The Bertz CT molecular complexity index is 274. The first-order valence-electron chi connectivity index (χ1n) is 5.24. The van der Waals surface area contributed by atoms with E-state index in [9.17, 15) is 9.59 Å². The summed E-state index contributed by atoms with van der Waals surface area (Å²) in [5.74, 6) is -0.171. The molecule has 0 aromatic carbocycles. The molecule has 0 unspecified atom stereocenters. The molecule has 1 heterocycles. The van der Waals surface area contributed by atoms with Crippen LogP contribution in [0, 0.1) is 5.92 Å². The van der Waals surface area contributed by atoms with Crippen molar-refractivity contribution >= 4 is 11.8 Å². The summed E-state index contributed by atoms with van der Waals surface area (Å²) in [5, 5.41) is 2.72. The summed E-state index contributed by atoms with van der Waals surface area (Å²) in [6.45, 7) is 8.45. The minimum Gasteiger partial charge on any atom is -0.352 e. The van der Waals surface area contributed by atoms with Crippen LogP contribution in [-0.4, -0.2) is 35.8 Å². The smallest absolute Gasteiger partial charge is 0.225 e. The van der Waals surface area contributed by atoms with Crippen LogP contribution >= 0.6 is 0 Å². The van der Waals surface area contributed by atoms with Gasteiger partial charge in [0.1, 0.15) is 0 Å². The van der Waals surface area contributed by atoms with E-state index in [1.54, 1.807) is 11.0 Å². The normalized spacial score (nSPS) is 20.9. The molecule has 0 aromatic heterocycles. The van der Waals surface area contributed by atoms with E-state index < -0.39 is 0 Å². The molecule has 0 aromatic rings. The predicted molar refractivity (Wildman–Crippen MR) is 58.2 cm³/mol. The van der Waals surface area contributed by atoms with E-state index in [2.05, 4.69) is 11.9 Å². The predicted octanol–water partition coefficient (Wildman–Crippen LogP) is 0.545. The summed E-state index contributed by atoms with van der Waals surface area (Å²) in [6.07, 6.45) is 1.97. The minimum absolute atomic E-state index is 0.0496. The fourth-order valence-corrected chi connectivity index (χ4v) is 1.72. The van der Waals surface area contributed by atoms with Crippen molar-refractivity contribution in [1.82, 2.24) is 10.2 Å². The Kier molecular flexibility index (Phi) is 3.88. The molecule has 1 rings (SSSR count). The van der Waals surface area contributed by atoms with Crippen molar-refractivity contribution in [1.29, 1.82) is 0 Å². The quantitative estimate of drug-likeness (QED) is 0.689. The SMILES string of the molecule is C=CCNC(=O)[C@H]1CC(=O)N(C(C)C)C1. The van der Waals surface area contributed by atoms with E-state index >= 15 is 0 Å². The molecule has 1 aliphatic heterocycles. The van der Waals surface area contributed by atoms with E-state index in [1.165, 1.54) is 0 Å². The van der Waals surface area contributed by atoms with Crippen LogP contribution in [0.25, 0.3) is 0 Å². The van der Waals surface area contributed by atoms with Gasteiger partial charge in [-0.15, -0.1) is 6.58 Å². The molecule has 84 valence electrons. The van der Waals surface area contributed by atoms with Gasteiger partial charge >= 0.3 is 0 Å². The number of nitrogens with one attached hydrogen (secondary N) is 1. The maximum Gasteiger partial charge on any atom is 0.225 e. The lowest BCUT2D eigenvalue weighted by atomic mass is 10.1. The molecule has 4 nitrogen and oxygen atoms in total. The Balaban J connectivity index is 2.50. The number of amides is 2. The van der Waals surface area contributed by atoms with Crippen molar-refractivity contribution in [2.24, 2.45) is 5.92 Å². The third kappa shape index (κ3) is 2.81. The largest absolute Gasteiger partial charge is 0.352 e. The lowest BCUT2D eigenvalue weighted by molar-refractivity contribution is -0.129. The third-order valence-corrected chi connectivity index (χ3v) is 2.57. The van der Waals surface area contributed by atoms with Crippen molar-refractivity contribution in [3.63, 3.8) is 0 Å². The highest BCUT2D eigenvalue weighted by Crippen LogP contribution is 2.19. The van der Waals surface area contributed by atoms with Crippen LogP contribution in [0.5, 0.6) is 0 Å². The molecule has 2 amide bonds. The second-order valence-electron chi connectivity index (χ2n) is 4.07. The topological polar surface area (TPSA) is 49.4 Å². The Labute approximate surface area is 90.3 Å². The molecule has 4 heteroatoms. The molecule has 0 bridgehead atoms. The van der Waals surface area contributed by atoms with Crippen molar-refractivity contribution in [3.05, 3.63) is 12.7 Å². The number of nitrogens with zero attached hydrogens (tertiary/aromatic N) is 1. The molecule has 0 aliphatic carbocycles. The van der Waals surface area contributed by atoms with Gasteiger partial charge in [0.2, 0.25) is 11.8 Å². The second-order valence-corrected chi connectivity index (χ2v) is 4.07. The zero-order valence-electron chi connectivity index (χ0n) is 9.32. The van der Waals surface area contributed by atoms with E-state index in [0.717, 1.165) is 0 Å². The average molecular weight is 210 g/mol. The van der Waals surface area contributed by atoms with Gasteiger partial charge in [0.25, 0.3) is 0 Å². The van der Waals surface area contributed by atoms with Gasteiger partial charge in [-0.3, -0.25) is 9.59 Å². The summed E-state index contributed by atoms with van der Waals surface area (Å²) in [7, 11) is 0. The van der Waals surface area contributed by atoms with Crippen molar-refractivity contribution in [3.8, 4) is 0 Å². The van der Waals surface area contributed by atoms with E-state index in [-0.39, 0.29) is 23.8 Å². The van der Waals surface area contributed by atoms with Crippen LogP contribution in [0.4, 0.5) is 0 Å². The van der Waals surface area contributed by atoms with Crippen molar-refractivity contribution in [2.75, 3.05) is 13.1 Å². The number of carbonyl (C=O) groups is 2. The summed E-state index contributed by atoms with van der Waals surface area (Å²) in [5.41, 5.74) is 0. The Morgan fingerprint density at radius 3 is 2.87 bits per heavy atom. The maximum atomic E-state index is 11.6. The number of hydrogen-bond acceptors (Lipinski definition) is 2. The van der Waals surface area contributed by atoms with Gasteiger partial charge < -0.3 is 10.2 Å². The van der Waals surface area contributed by atoms with Gasteiger partial charge in [0.15, 0.2) is 0 Å². The van der Waals surface area contributed by atoms with E-state index in [1.807, 2.05) is 13.8 Å². The standard InChI is InChI=1S/C11H18N2O2/c1-4-5-12-11(15)9-6-10(14)13(7-9)8(2)3/h4,8-9H,1,5-7H2,2-3H3,(H,12,15)/t9-/m0/s1. The molecule has 0 saturated carbocycles. The van der Waals surface area contributed by atoms with Crippen LogP contribution < -0.4 is 5.32 Å². The molecule has 1 fully saturated rings. The molecule has 1 saturated heterocycles. The number of hydrogen-bond donors (Lipinski definition) is 1. The second kappa shape index (κ2) is 4.96. The van der Waals surface area contributed by atoms with Gasteiger partial charge in [-0.25, -0.2) is 0 Å². The molecule has 1 N–H and O–H groups in total. The molecule has 15 heavy (non-hydrogen) atoms. The Hall–Kier alpha value is -1.32. The van der Waals surface area contributed by atoms with E-state index in [4.69, 9.17) is 0 Å². The van der Waals surface area contributed by atoms with E-state index in [0.29, 0.717) is 19.5 Å². The summed E-state index contributed by atoms with van der Waals surface area (Å²) in [4.78, 5) is 24.9. The molecule has 0 spiro atoms. The van der Waals surface area contributed by atoms with Crippen molar-refractivity contribution in [2.45, 2.75) is 26.3 Å². The average Bonchev–Trinajstić information content (AvgIpc) is 2.56. The monoisotopic (exact) mass is 210 g/mol. The first-order valence-corrected chi connectivity index (χ1v) is 5.24. The van der Waals surface area contributed by atoms with Gasteiger partial charge in [0, 0.05) is 25.6 Å². The molecule has 0 radical (unpaired) electrons. The Morgan fingerprint density at radius 2 is 2.40 bits per heavy atom. The third-order valence-electron chi connectivity index (χ3n) is 2.57. The zero-order chi connectivity index (χ0) is 11.4. The highest BCUT2D eigenvalue weighted by atomic mass is 16.2. The van der Waals surface area contributed by atoms with Crippen LogP contribution in [0.1, 0.15) is 20.3 Å². The van der Waals surface area contributed by atoms with Crippen molar-refractivity contribution < 1.29 is 9.59 Å². The number of likely N-dealkylation sites (tertiary alicyclic amines) is 1. The van der Waals surface area contributed by atoms with Crippen LogP contribution in [0.2, 0.25) is 0 Å². The number of rotatable bonds is 4. The first-order chi connectivity index (χ1) is 7.06. The highest BCUT2D eigenvalue weighted by molar-refractivity contribution is 5.89. The lowest BCUT2D eigenvalue weighted by Gasteiger charge is -2.20. The van der Waals surface area contributed by atoms with Gasteiger partial charge in [0.05, 0.1) is 5.92 Å². The maximum absolute atomic E-state index is 11.6. The number of carbonyl (C=O) groups excluding carboxylic acids is 2. The van der Waals surface area contributed by atoms with Gasteiger partial charge in [-0.2, -0.15) is 0 Å². The fourth-order valence-electron chi connectivity index (χ4n) is 1.72. The van der Waals surface area contributed by atoms with Crippen LogP contribution in [-0.2, 0) is 9.59 Å². The summed E-state index contributed by atoms with van der Waals surface area (Å²) in [6, 6.07) is 0.176. The first kappa shape index (κ1) is 11.8. The van der Waals surface area contributed by atoms with Crippen LogP contribution in [0.15, 0.2) is 12.7 Å². The molecule has 1 atom stereocenters. The minimum atomic E-state index is -0.195. The Morgan fingerprint density at radius 1 is 1.73 bits per heavy atom. The van der Waals surface area contributed by atoms with Gasteiger partial charge in [-0.05, 0) is 13.8 Å².